The highest BCUT2D eigenvalue weighted by molar-refractivity contribution is 6.14. The van der Waals surface area contributed by atoms with Gasteiger partial charge in [0, 0.05) is 71.3 Å². The molecule has 0 saturated heterocycles. The quantitative estimate of drug-likeness (QED) is 0.145. The Morgan fingerprint density at radius 1 is 0.265 bits per heavy atom. The fourth-order valence-electron chi connectivity index (χ4n) is 12.9. The van der Waals surface area contributed by atoms with Gasteiger partial charge in [-0.25, -0.2) is 9.97 Å². The van der Waals surface area contributed by atoms with Gasteiger partial charge in [0.2, 0.25) is 0 Å². The first kappa shape index (κ1) is 47.6. The van der Waals surface area contributed by atoms with Crippen LogP contribution in [0.4, 0.5) is 0 Å². The van der Waals surface area contributed by atoms with Crippen LogP contribution in [0.3, 0.4) is 0 Å². The molecule has 6 heteroatoms. The average Bonchev–Trinajstić information content (AvgIpc) is 4.16. The van der Waals surface area contributed by atoms with Crippen molar-refractivity contribution < 1.29 is 0 Å². The fourth-order valence-corrected chi connectivity index (χ4v) is 12.9. The summed E-state index contributed by atoms with van der Waals surface area (Å²) in [5.41, 5.74) is 20.7. The van der Waals surface area contributed by atoms with Gasteiger partial charge in [-0.2, -0.15) is 5.26 Å². The van der Waals surface area contributed by atoms with Crippen molar-refractivity contribution in [2.24, 2.45) is 0 Å². The van der Waals surface area contributed by atoms with Gasteiger partial charge in [-0.3, -0.25) is 0 Å². The summed E-state index contributed by atoms with van der Waals surface area (Å²) in [7, 11) is 0. The highest BCUT2D eigenvalue weighted by atomic mass is 15.0. The third kappa shape index (κ3) is 7.71. The van der Waals surface area contributed by atoms with Gasteiger partial charge in [-0.05, 0) is 90.0 Å². The van der Waals surface area contributed by atoms with Crippen LogP contribution in [0.15, 0.2) is 291 Å². The number of para-hydroxylation sites is 7. The molecule has 0 N–H and O–H groups in total. The van der Waals surface area contributed by atoms with Crippen LogP contribution in [0, 0.1) is 11.3 Å². The second-order valence-corrected chi connectivity index (χ2v) is 21.1. The van der Waals surface area contributed by atoms with Gasteiger partial charge in [0.05, 0.1) is 73.2 Å². The van der Waals surface area contributed by atoms with Crippen LogP contribution in [0.25, 0.3) is 150 Å². The maximum absolute atomic E-state index is 10.4. The largest absolute Gasteiger partial charge is 0.309 e. The maximum atomic E-state index is 10.4. The lowest BCUT2D eigenvalue weighted by atomic mass is 9.90. The van der Waals surface area contributed by atoms with E-state index in [1.807, 2.05) is 48.5 Å². The van der Waals surface area contributed by atoms with Crippen LogP contribution < -0.4 is 0 Å². The summed E-state index contributed by atoms with van der Waals surface area (Å²) in [6, 6.07) is 106. The van der Waals surface area contributed by atoms with Crippen molar-refractivity contribution in [1.29, 1.82) is 5.26 Å². The van der Waals surface area contributed by atoms with E-state index in [9.17, 15) is 5.26 Å². The van der Waals surface area contributed by atoms with Gasteiger partial charge in [-0.15, -0.1) is 0 Å². The summed E-state index contributed by atoms with van der Waals surface area (Å²) < 4.78 is 7.38. The van der Waals surface area contributed by atoms with Crippen LogP contribution >= 0.6 is 0 Å². The molecule has 83 heavy (non-hydrogen) atoms. The van der Waals surface area contributed by atoms with E-state index in [0.717, 1.165) is 122 Å². The molecule has 0 radical (unpaired) electrons. The number of nitrogens with zero attached hydrogens (tertiary/aromatic N) is 6. The van der Waals surface area contributed by atoms with Crippen LogP contribution in [0.2, 0.25) is 0 Å². The van der Waals surface area contributed by atoms with Gasteiger partial charge < -0.3 is 13.7 Å². The van der Waals surface area contributed by atoms with E-state index in [0.29, 0.717) is 11.4 Å². The van der Waals surface area contributed by atoms with Crippen LogP contribution in [0.1, 0.15) is 5.56 Å². The Bertz CT molecular complexity index is 4950. The van der Waals surface area contributed by atoms with E-state index in [2.05, 4.69) is 262 Å². The topological polar surface area (TPSA) is 64.4 Å². The van der Waals surface area contributed by atoms with Crippen molar-refractivity contribution in [2.45, 2.75) is 0 Å². The van der Waals surface area contributed by atoms with Crippen molar-refractivity contribution in [3.05, 3.63) is 297 Å². The minimum atomic E-state index is 0.634. The van der Waals surface area contributed by atoms with E-state index < -0.39 is 0 Å². The second kappa shape index (κ2) is 19.5. The first-order chi connectivity index (χ1) is 41.2. The number of nitriles is 1. The zero-order valence-electron chi connectivity index (χ0n) is 44.9. The van der Waals surface area contributed by atoms with Gasteiger partial charge in [0.15, 0.2) is 5.82 Å². The first-order valence-corrected chi connectivity index (χ1v) is 28.0. The summed E-state index contributed by atoms with van der Waals surface area (Å²) in [5.74, 6) is 0.640. The molecule has 12 aromatic carbocycles. The molecule has 386 valence electrons. The Hall–Kier alpha value is -11.4. The number of hydrogen-bond acceptors (Lipinski definition) is 3. The Morgan fingerprint density at radius 3 is 1.16 bits per heavy atom. The molecule has 0 aliphatic carbocycles. The Kier molecular flexibility index (Phi) is 11.2. The standard InChI is InChI=1S/C77H48N6/c78-49-53-27-7-8-28-55(53)52-43-44-75-63(45-52)60-33-13-22-42-74(60)83(75)76-64(61-34-14-20-40-72(61)81-68-36-16-9-29-56(68)57-30-10-17-37-69(57)81)46-54(67-48-66(50-23-3-1-4-24-50)79-77(80-67)51-25-5-2-6-26-51)47-65(76)62-35-15-21-41-73(62)82-70-38-18-11-31-58(70)59-32-12-19-39-71(59)82/h1-48H. The van der Waals surface area contributed by atoms with E-state index in [1.165, 1.54) is 21.5 Å². The fraction of sp³-hybridized carbons (Fsp3) is 0. The summed E-state index contributed by atoms with van der Waals surface area (Å²) in [4.78, 5) is 10.9. The molecule has 6 nitrogen and oxygen atoms in total. The molecule has 0 amide bonds. The molecule has 0 saturated carbocycles. The van der Waals surface area contributed by atoms with Gasteiger partial charge in [-0.1, -0.05) is 212 Å². The van der Waals surface area contributed by atoms with E-state index in [4.69, 9.17) is 9.97 Å². The van der Waals surface area contributed by atoms with Gasteiger partial charge >= 0.3 is 0 Å². The number of fused-ring (bicyclic) bond motifs is 9. The normalized spacial score (nSPS) is 11.6. The SMILES string of the molecule is N#Cc1ccccc1-c1ccc2c(c1)c1ccccc1n2-c1c(-c2ccccc2-n2c3ccccc3c3ccccc32)cc(-c2cc(-c3ccccc3)nc(-c3ccccc3)n2)cc1-c1ccccc1-n1c2ccccc2c2ccccc21. The van der Waals surface area contributed by atoms with Gasteiger partial charge in [0.25, 0.3) is 0 Å². The molecule has 0 aliphatic heterocycles. The molecule has 16 aromatic rings. The predicted molar refractivity (Wildman–Crippen MR) is 342 cm³/mol. The molecule has 0 atom stereocenters. The molecule has 0 bridgehead atoms. The highest BCUT2D eigenvalue weighted by Crippen LogP contribution is 2.49. The number of hydrogen-bond donors (Lipinski definition) is 0. The van der Waals surface area contributed by atoms with Crippen molar-refractivity contribution in [3.8, 4) is 90.4 Å². The minimum absolute atomic E-state index is 0.634. The highest BCUT2D eigenvalue weighted by Gasteiger charge is 2.27. The zero-order chi connectivity index (χ0) is 55.0. The van der Waals surface area contributed by atoms with Crippen molar-refractivity contribution >= 4 is 65.4 Å². The van der Waals surface area contributed by atoms with Crippen LogP contribution in [-0.2, 0) is 0 Å². The average molecular weight is 1060 g/mol. The molecule has 0 aliphatic rings. The first-order valence-electron chi connectivity index (χ1n) is 28.0. The lowest BCUT2D eigenvalue weighted by Crippen LogP contribution is -2.06. The lowest BCUT2D eigenvalue weighted by molar-refractivity contribution is 1.15. The molecule has 0 unspecified atom stereocenters. The number of aromatic nitrogens is 5. The maximum Gasteiger partial charge on any atom is 0.160 e. The minimum Gasteiger partial charge on any atom is -0.309 e. The Labute approximate surface area is 478 Å². The lowest BCUT2D eigenvalue weighted by Gasteiger charge is -2.24. The summed E-state index contributed by atoms with van der Waals surface area (Å²) in [6.07, 6.45) is 0. The molecular weight excluding hydrogens is 1010 g/mol. The van der Waals surface area contributed by atoms with Crippen LogP contribution in [0.5, 0.6) is 0 Å². The smallest absolute Gasteiger partial charge is 0.160 e. The van der Waals surface area contributed by atoms with E-state index in [1.54, 1.807) is 0 Å². The predicted octanol–water partition coefficient (Wildman–Crippen LogP) is 19.6. The third-order valence-electron chi connectivity index (χ3n) is 16.5. The molecular formula is C77H48N6. The Balaban J connectivity index is 1.09. The van der Waals surface area contributed by atoms with E-state index in [-0.39, 0.29) is 0 Å². The Morgan fingerprint density at radius 2 is 0.651 bits per heavy atom. The molecule has 0 fully saturated rings. The zero-order valence-corrected chi connectivity index (χ0v) is 44.9. The second-order valence-electron chi connectivity index (χ2n) is 21.1. The van der Waals surface area contributed by atoms with E-state index >= 15 is 0 Å². The summed E-state index contributed by atoms with van der Waals surface area (Å²) in [5, 5.41) is 17.3. The number of benzene rings is 12. The van der Waals surface area contributed by atoms with Gasteiger partial charge in [0.1, 0.15) is 0 Å². The molecule has 4 heterocycles. The number of rotatable bonds is 9. The molecule has 0 spiro atoms. The van der Waals surface area contributed by atoms with Crippen molar-refractivity contribution in [3.63, 3.8) is 0 Å². The van der Waals surface area contributed by atoms with Crippen molar-refractivity contribution in [2.75, 3.05) is 0 Å². The summed E-state index contributed by atoms with van der Waals surface area (Å²) >= 11 is 0. The molecule has 16 rings (SSSR count). The third-order valence-corrected chi connectivity index (χ3v) is 16.5. The summed E-state index contributed by atoms with van der Waals surface area (Å²) in [6.45, 7) is 0. The van der Waals surface area contributed by atoms with Crippen molar-refractivity contribution in [1.82, 2.24) is 23.7 Å². The molecule has 4 aromatic heterocycles. The monoisotopic (exact) mass is 1060 g/mol. The van der Waals surface area contributed by atoms with Crippen LogP contribution in [-0.4, -0.2) is 23.7 Å².